The molecule has 0 saturated heterocycles. The molecular formula is C20H22N2O. The lowest BCUT2D eigenvalue weighted by Gasteiger charge is -2.22. The predicted octanol–water partition coefficient (Wildman–Crippen LogP) is 3.87. The minimum absolute atomic E-state index is 0.0562. The third-order valence-corrected chi connectivity index (χ3v) is 4.55. The summed E-state index contributed by atoms with van der Waals surface area (Å²) in [4.78, 5) is 16.8. The Bertz CT molecular complexity index is 714. The molecule has 0 radical (unpaired) electrons. The summed E-state index contributed by atoms with van der Waals surface area (Å²) < 4.78 is 0. The number of amides is 1. The number of rotatable bonds is 4. The number of nitrogens with zero attached hydrogens (tertiary/aromatic N) is 1. The van der Waals surface area contributed by atoms with Crippen molar-refractivity contribution in [2.24, 2.45) is 5.92 Å². The van der Waals surface area contributed by atoms with Gasteiger partial charge in [-0.2, -0.15) is 0 Å². The zero-order valence-electron chi connectivity index (χ0n) is 13.6. The fourth-order valence-electron chi connectivity index (χ4n) is 2.94. The molecule has 1 aliphatic rings. The van der Waals surface area contributed by atoms with Crippen LogP contribution in [0.3, 0.4) is 0 Å². The lowest BCUT2D eigenvalue weighted by molar-refractivity contribution is -0.125. The van der Waals surface area contributed by atoms with Crippen LogP contribution in [-0.2, 0) is 4.79 Å². The molecule has 2 aromatic rings. The molecule has 0 spiro atoms. The molecule has 1 heterocycles. The Morgan fingerprint density at radius 2 is 1.91 bits per heavy atom. The second kappa shape index (κ2) is 6.78. The summed E-state index contributed by atoms with van der Waals surface area (Å²) >= 11 is 0. The van der Waals surface area contributed by atoms with Gasteiger partial charge in [-0.1, -0.05) is 36.4 Å². The third kappa shape index (κ3) is 3.50. The zero-order valence-corrected chi connectivity index (χ0v) is 13.6. The van der Waals surface area contributed by atoms with Crippen molar-refractivity contribution in [3.63, 3.8) is 0 Å². The van der Waals surface area contributed by atoms with Crippen LogP contribution in [0.25, 0.3) is 0 Å². The molecule has 23 heavy (non-hydrogen) atoms. The quantitative estimate of drug-likeness (QED) is 0.871. The van der Waals surface area contributed by atoms with Crippen molar-refractivity contribution in [1.82, 2.24) is 10.3 Å². The minimum atomic E-state index is -0.156. The first-order chi connectivity index (χ1) is 11.1. The van der Waals surface area contributed by atoms with Gasteiger partial charge in [-0.05, 0) is 55.0 Å². The van der Waals surface area contributed by atoms with E-state index in [0.29, 0.717) is 0 Å². The summed E-state index contributed by atoms with van der Waals surface area (Å²) in [5.41, 5.74) is 4.59. The number of aryl methyl sites for hydroxylation is 2. The highest BCUT2D eigenvalue weighted by Gasteiger charge is 2.24. The zero-order chi connectivity index (χ0) is 16.2. The van der Waals surface area contributed by atoms with E-state index in [4.69, 9.17) is 0 Å². The first-order valence-electron chi connectivity index (χ1n) is 8.07. The maximum atomic E-state index is 12.6. The van der Waals surface area contributed by atoms with Crippen molar-refractivity contribution in [2.75, 3.05) is 0 Å². The molecule has 0 aliphatic heterocycles. The molecule has 1 atom stereocenters. The smallest absolute Gasteiger partial charge is 0.224 e. The highest BCUT2D eigenvalue weighted by molar-refractivity contribution is 5.80. The molecule has 1 aromatic heterocycles. The predicted molar refractivity (Wildman–Crippen MR) is 92.0 cm³/mol. The third-order valence-electron chi connectivity index (χ3n) is 4.55. The SMILES string of the molecule is Cc1ccc(C(NC(=O)C2CC=CC2)c2cccnc2)cc1C. The van der Waals surface area contributed by atoms with Gasteiger partial charge in [0.15, 0.2) is 0 Å². The fraction of sp³-hybridized carbons (Fsp3) is 0.300. The van der Waals surface area contributed by atoms with Gasteiger partial charge >= 0.3 is 0 Å². The summed E-state index contributed by atoms with van der Waals surface area (Å²) in [6, 6.07) is 10.1. The number of carbonyl (C=O) groups excluding carboxylic acids is 1. The number of nitrogens with one attached hydrogen (secondary N) is 1. The molecular weight excluding hydrogens is 284 g/mol. The summed E-state index contributed by atoms with van der Waals surface area (Å²) in [6.45, 7) is 4.20. The molecule has 1 aromatic carbocycles. The van der Waals surface area contributed by atoms with Crippen LogP contribution in [0, 0.1) is 19.8 Å². The van der Waals surface area contributed by atoms with Gasteiger partial charge in [-0.3, -0.25) is 9.78 Å². The van der Waals surface area contributed by atoms with Crippen LogP contribution in [0.15, 0.2) is 54.9 Å². The number of carbonyl (C=O) groups is 1. The van der Waals surface area contributed by atoms with Crippen LogP contribution < -0.4 is 5.32 Å². The van der Waals surface area contributed by atoms with Crippen LogP contribution in [0.5, 0.6) is 0 Å². The van der Waals surface area contributed by atoms with Crippen molar-refractivity contribution in [3.05, 3.63) is 77.1 Å². The summed E-state index contributed by atoms with van der Waals surface area (Å²) in [6.07, 6.45) is 9.41. The first-order valence-corrected chi connectivity index (χ1v) is 8.07. The van der Waals surface area contributed by atoms with Crippen molar-refractivity contribution >= 4 is 5.91 Å². The van der Waals surface area contributed by atoms with Crippen LogP contribution >= 0.6 is 0 Å². The number of aromatic nitrogens is 1. The molecule has 3 nitrogen and oxygen atoms in total. The average molecular weight is 306 g/mol. The molecule has 0 fully saturated rings. The Labute approximate surface area is 137 Å². The van der Waals surface area contributed by atoms with Gasteiger partial charge in [0, 0.05) is 18.3 Å². The molecule has 0 bridgehead atoms. The topological polar surface area (TPSA) is 42.0 Å². The molecule has 3 rings (SSSR count). The van der Waals surface area contributed by atoms with E-state index in [9.17, 15) is 4.79 Å². The highest BCUT2D eigenvalue weighted by Crippen LogP contribution is 2.26. The number of hydrogen-bond donors (Lipinski definition) is 1. The Hall–Kier alpha value is -2.42. The Morgan fingerprint density at radius 3 is 2.57 bits per heavy atom. The van der Waals surface area contributed by atoms with Crippen LogP contribution in [0.4, 0.5) is 0 Å². The van der Waals surface area contributed by atoms with E-state index in [2.05, 4.69) is 54.5 Å². The van der Waals surface area contributed by atoms with Crippen molar-refractivity contribution < 1.29 is 4.79 Å². The molecule has 1 aliphatic carbocycles. The normalized spacial score (nSPS) is 15.6. The summed E-state index contributed by atoms with van der Waals surface area (Å²) in [5, 5.41) is 3.22. The standard InChI is InChI=1S/C20H22N2O/c1-14-9-10-17(12-15(14)2)19(18-8-5-11-21-13-18)22-20(23)16-6-3-4-7-16/h3-5,8-13,16,19H,6-7H2,1-2H3,(H,22,23). The number of hydrogen-bond acceptors (Lipinski definition) is 2. The van der Waals surface area contributed by atoms with Crippen LogP contribution in [-0.4, -0.2) is 10.9 Å². The second-order valence-corrected chi connectivity index (χ2v) is 6.21. The average Bonchev–Trinajstić information content (AvgIpc) is 3.10. The van der Waals surface area contributed by atoms with Gasteiger partial charge in [0.25, 0.3) is 0 Å². The van der Waals surface area contributed by atoms with E-state index >= 15 is 0 Å². The minimum Gasteiger partial charge on any atom is -0.345 e. The van der Waals surface area contributed by atoms with Crippen molar-refractivity contribution in [1.29, 1.82) is 0 Å². The number of allylic oxidation sites excluding steroid dienone is 2. The molecule has 0 saturated carbocycles. The Kier molecular flexibility index (Phi) is 4.56. The van der Waals surface area contributed by atoms with Crippen molar-refractivity contribution in [3.8, 4) is 0 Å². The molecule has 118 valence electrons. The van der Waals surface area contributed by atoms with Gasteiger partial charge in [0.05, 0.1) is 6.04 Å². The van der Waals surface area contributed by atoms with Gasteiger partial charge in [0.2, 0.25) is 5.91 Å². The van der Waals surface area contributed by atoms with E-state index in [-0.39, 0.29) is 17.9 Å². The number of pyridine rings is 1. The van der Waals surface area contributed by atoms with Crippen LogP contribution in [0.2, 0.25) is 0 Å². The van der Waals surface area contributed by atoms with Gasteiger partial charge < -0.3 is 5.32 Å². The summed E-state index contributed by atoms with van der Waals surface area (Å²) in [7, 11) is 0. The lowest BCUT2D eigenvalue weighted by atomic mass is 9.95. The molecule has 1 unspecified atom stereocenters. The van der Waals surface area contributed by atoms with E-state index in [0.717, 1.165) is 24.0 Å². The first kappa shape index (κ1) is 15.5. The largest absolute Gasteiger partial charge is 0.345 e. The van der Waals surface area contributed by atoms with E-state index in [1.165, 1.54) is 11.1 Å². The maximum Gasteiger partial charge on any atom is 0.224 e. The Morgan fingerprint density at radius 1 is 1.13 bits per heavy atom. The second-order valence-electron chi connectivity index (χ2n) is 6.21. The molecule has 1 N–H and O–H groups in total. The fourth-order valence-corrected chi connectivity index (χ4v) is 2.94. The highest BCUT2D eigenvalue weighted by atomic mass is 16.1. The van der Waals surface area contributed by atoms with E-state index in [1.54, 1.807) is 6.20 Å². The van der Waals surface area contributed by atoms with Gasteiger partial charge in [-0.25, -0.2) is 0 Å². The monoisotopic (exact) mass is 306 g/mol. The van der Waals surface area contributed by atoms with Gasteiger partial charge in [0.1, 0.15) is 0 Å². The summed E-state index contributed by atoms with van der Waals surface area (Å²) in [5.74, 6) is 0.169. The maximum absolute atomic E-state index is 12.6. The Balaban J connectivity index is 1.90. The number of benzene rings is 1. The van der Waals surface area contributed by atoms with E-state index in [1.807, 2.05) is 18.3 Å². The molecule has 3 heteroatoms. The lowest BCUT2D eigenvalue weighted by Crippen LogP contribution is -2.33. The van der Waals surface area contributed by atoms with Crippen molar-refractivity contribution in [2.45, 2.75) is 32.7 Å². The van der Waals surface area contributed by atoms with E-state index < -0.39 is 0 Å². The van der Waals surface area contributed by atoms with Gasteiger partial charge in [-0.15, -0.1) is 0 Å². The molecule has 1 amide bonds. The van der Waals surface area contributed by atoms with Crippen LogP contribution in [0.1, 0.15) is 41.1 Å².